The SMILES string of the molecule is Cc1cc(F)ccc1C(N)c1c(F)c(F)c(F)c(F)c1F. The monoisotopic (exact) mass is 305 g/mol. The maximum atomic E-state index is 13.7. The van der Waals surface area contributed by atoms with Crippen LogP contribution < -0.4 is 5.73 Å². The Bertz CT molecular complexity index is 684. The minimum absolute atomic E-state index is 0.0552. The third-order valence-corrected chi connectivity index (χ3v) is 3.12. The first-order valence-corrected chi connectivity index (χ1v) is 5.78. The highest BCUT2D eigenvalue weighted by atomic mass is 19.2. The van der Waals surface area contributed by atoms with Gasteiger partial charge in [-0.3, -0.25) is 0 Å². The lowest BCUT2D eigenvalue weighted by atomic mass is 9.94. The van der Waals surface area contributed by atoms with Crippen molar-refractivity contribution in [1.82, 2.24) is 0 Å². The van der Waals surface area contributed by atoms with Crippen LogP contribution in [0.3, 0.4) is 0 Å². The van der Waals surface area contributed by atoms with Gasteiger partial charge in [0.25, 0.3) is 0 Å². The van der Waals surface area contributed by atoms with E-state index in [1.165, 1.54) is 6.92 Å². The summed E-state index contributed by atoms with van der Waals surface area (Å²) in [5.41, 5.74) is 4.73. The summed E-state index contributed by atoms with van der Waals surface area (Å²) in [5.74, 6) is -11.0. The normalized spacial score (nSPS) is 12.6. The van der Waals surface area contributed by atoms with E-state index in [-0.39, 0.29) is 11.1 Å². The molecule has 1 atom stereocenters. The number of nitrogens with two attached hydrogens (primary N) is 1. The van der Waals surface area contributed by atoms with Crippen molar-refractivity contribution in [2.75, 3.05) is 0 Å². The number of hydrogen-bond donors (Lipinski definition) is 1. The van der Waals surface area contributed by atoms with E-state index in [1.54, 1.807) is 0 Å². The van der Waals surface area contributed by atoms with Crippen molar-refractivity contribution in [1.29, 1.82) is 0 Å². The van der Waals surface area contributed by atoms with Crippen LogP contribution in [0.15, 0.2) is 18.2 Å². The fraction of sp³-hybridized carbons (Fsp3) is 0.143. The van der Waals surface area contributed by atoms with E-state index in [0.29, 0.717) is 0 Å². The molecule has 2 aromatic rings. The van der Waals surface area contributed by atoms with Crippen molar-refractivity contribution in [3.63, 3.8) is 0 Å². The smallest absolute Gasteiger partial charge is 0.200 e. The second-order valence-corrected chi connectivity index (χ2v) is 4.46. The Morgan fingerprint density at radius 1 is 0.810 bits per heavy atom. The summed E-state index contributed by atoms with van der Waals surface area (Å²) in [5, 5.41) is 0. The standard InChI is InChI=1S/C14H9F6N/c1-5-4-6(15)2-3-7(5)14(21)8-9(16)11(18)13(20)12(19)10(8)17/h2-4,14H,21H2,1H3. The predicted molar refractivity (Wildman–Crippen MR) is 63.4 cm³/mol. The molecule has 7 heteroatoms. The van der Waals surface area contributed by atoms with Gasteiger partial charge in [-0.25, -0.2) is 26.3 Å². The molecule has 0 bridgehead atoms. The minimum Gasteiger partial charge on any atom is -0.320 e. The van der Waals surface area contributed by atoms with Crippen molar-refractivity contribution in [3.05, 3.63) is 69.8 Å². The van der Waals surface area contributed by atoms with Crippen LogP contribution in [0.25, 0.3) is 0 Å². The highest BCUT2D eigenvalue weighted by Crippen LogP contribution is 2.31. The van der Waals surface area contributed by atoms with Gasteiger partial charge >= 0.3 is 0 Å². The molecule has 1 nitrogen and oxygen atoms in total. The molecule has 0 saturated heterocycles. The van der Waals surface area contributed by atoms with Gasteiger partial charge in [0.15, 0.2) is 23.3 Å². The lowest BCUT2D eigenvalue weighted by Gasteiger charge is -2.17. The molecule has 0 heterocycles. The molecule has 21 heavy (non-hydrogen) atoms. The van der Waals surface area contributed by atoms with Crippen molar-refractivity contribution < 1.29 is 26.3 Å². The van der Waals surface area contributed by atoms with Crippen LogP contribution in [-0.2, 0) is 0 Å². The van der Waals surface area contributed by atoms with E-state index < -0.39 is 46.5 Å². The molecule has 0 aromatic heterocycles. The number of hydrogen-bond acceptors (Lipinski definition) is 1. The highest BCUT2D eigenvalue weighted by molar-refractivity contribution is 5.38. The third-order valence-electron chi connectivity index (χ3n) is 3.12. The zero-order chi connectivity index (χ0) is 15.9. The van der Waals surface area contributed by atoms with E-state index in [9.17, 15) is 26.3 Å². The van der Waals surface area contributed by atoms with Crippen LogP contribution >= 0.6 is 0 Å². The zero-order valence-corrected chi connectivity index (χ0v) is 10.7. The van der Waals surface area contributed by atoms with Crippen molar-refractivity contribution in [2.45, 2.75) is 13.0 Å². The molecule has 0 radical (unpaired) electrons. The van der Waals surface area contributed by atoms with Crippen molar-refractivity contribution in [3.8, 4) is 0 Å². The summed E-state index contributed by atoms with van der Waals surface area (Å²) < 4.78 is 79.7. The molecule has 0 aliphatic heterocycles. The summed E-state index contributed by atoms with van der Waals surface area (Å²) in [6.07, 6.45) is 0. The van der Waals surface area contributed by atoms with Crippen molar-refractivity contribution >= 4 is 0 Å². The number of halogens is 6. The van der Waals surface area contributed by atoms with Crippen LogP contribution in [-0.4, -0.2) is 0 Å². The van der Waals surface area contributed by atoms with E-state index >= 15 is 0 Å². The number of aryl methyl sites for hydroxylation is 1. The first-order chi connectivity index (χ1) is 9.75. The first-order valence-electron chi connectivity index (χ1n) is 5.78. The van der Waals surface area contributed by atoms with Crippen LogP contribution in [0.1, 0.15) is 22.7 Å². The van der Waals surface area contributed by atoms with Gasteiger partial charge < -0.3 is 5.73 Å². The zero-order valence-electron chi connectivity index (χ0n) is 10.7. The molecule has 2 rings (SSSR count). The highest BCUT2D eigenvalue weighted by Gasteiger charge is 2.30. The Hall–Kier alpha value is -2.02. The largest absolute Gasteiger partial charge is 0.320 e. The Balaban J connectivity index is 2.66. The molecule has 0 saturated carbocycles. The minimum atomic E-state index is -2.25. The number of rotatable bonds is 2. The molecule has 0 spiro atoms. The third kappa shape index (κ3) is 2.49. The second kappa shape index (κ2) is 5.40. The van der Waals surface area contributed by atoms with Gasteiger partial charge in [-0.15, -0.1) is 0 Å². The lowest BCUT2D eigenvalue weighted by molar-refractivity contribution is 0.367. The average Bonchev–Trinajstić information content (AvgIpc) is 2.43. The summed E-state index contributed by atoms with van der Waals surface area (Å²) >= 11 is 0. The van der Waals surface area contributed by atoms with Gasteiger partial charge in [-0.1, -0.05) is 6.07 Å². The van der Waals surface area contributed by atoms with E-state index in [2.05, 4.69) is 0 Å². The molecule has 2 aromatic carbocycles. The van der Waals surface area contributed by atoms with Crippen molar-refractivity contribution in [2.24, 2.45) is 5.73 Å². The van der Waals surface area contributed by atoms with Crippen LogP contribution in [0, 0.1) is 41.8 Å². The molecular weight excluding hydrogens is 296 g/mol. The van der Waals surface area contributed by atoms with Crippen LogP contribution in [0.2, 0.25) is 0 Å². The molecule has 2 N–H and O–H groups in total. The topological polar surface area (TPSA) is 26.0 Å². The first kappa shape index (κ1) is 15.4. The molecule has 0 aliphatic carbocycles. The van der Waals surface area contributed by atoms with Gasteiger partial charge in [0, 0.05) is 0 Å². The summed E-state index contributed by atoms with van der Waals surface area (Å²) in [4.78, 5) is 0. The Kier molecular flexibility index (Phi) is 3.95. The van der Waals surface area contributed by atoms with Gasteiger partial charge in [0.1, 0.15) is 5.82 Å². The fourth-order valence-corrected chi connectivity index (χ4v) is 2.04. The predicted octanol–water partition coefficient (Wildman–Crippen LogP) is 3.88. The van der Waals surface area contributed by atoms with Gasteiger partial charge in [-0.2, -0.15) is 0 Å². The summed E-state index contributed by atoms with van der Waals surface area (Å²) in [6.45, 7) is 1.41. The summed E-state index contributed by atoms with van der Waals surface area (Å²) in [7, 11) is 0. The molecule has 112 valence electrons. The quantitative estimate of drug-likeness (QED) is 0.508. The van der Waals surface area contributed by atoms with Gasteiger partial charge in [-0.05, 0) is 30.2 Å². The summed E-state index contributed by atoms with van der Waals surface area (Å²) in [6, 6.07) is 1.54. The average molecular weight is 305 g/mol. The molecular formula is C14H9F6N. The van der Waals surface area contributed by atoms with Crippen LogP contribution in [0.4, 0.5) is 26.3 Å². The fourth-order valence-electron chi connectivity index (χ4n) is 2.04. The maximum absolute atomic E-state index is 13.7. The number of benzene rings is 2. The van der Waals surface area contributed by atoms with Crippen LogP contribution in [0.5, 0.6) is 0 Å². The van der Waals surface area contributed by atoms with Gasteiger partial charge in [0.2, 0.25) is 5.82 Å². The Morgan fingerprint density at radius 2 is 1.29 bits per heavy atom. The van der Waals surface area contributed by atoms with Gasteiger partial charge in [0.05, 0.1) is 11.6 Å². The lowest BCUT2D eigenvalue weighted by Crippen LogP contribution is -2.20. The Morgan fingerprint density at radius 3 is 1.76 bits per heavy atom. The second-order valence-electron chi connectivity index (χ2n) is 4.46. The maximum Gasteiger partial charge on any atom is 0.200 e. The molecule has 0 fully saturated rings. The molecule has 0 amide bonds. The van der Waals surface area contributed by atoms with E-state index in [4.69, 9.17) is 5.73 Å². The molecule has 0 aliphatic rings. The van der Waals surface area contributed by atoms with E-state index in [1.807, 2.05) is 0 Å². The van der Waals surface area contributed by atoms with E-state index in [0.717, 1.165) is 18.2 Å². The Labute approximate surface area is 116 Å². The molecule has 1 unspecified atom stereocenters.